The Labute approximate surface area is 147 Å². The topological polar surface area (TPSA) is 9.23 Å². The molecule has 0 aliphatic carbocycles. The zero-order valence-electron chi connectivity index (χ0n) is 12.6. The summed E-state index contributed by atoms with van der Waals surface area (Å²) in [6.45, 7) is 4.23. The third-order valence-corrected chi connectivity index (χ3v) is 3.73. The minimum absolute atomic E-state index is 0. The first kappa shape index (κ1) is 21.6. The molecule has 0 N–H and O–H groups in total. The molecule has 0 aromatic rings. The minimum Gasteiger partial charge on any atom is -1.00 e. The smallest absolute Gasteiger partial charge is 0.112 e. The van der Waals surface area contributed by atoms with Gasteiger partial charge in [0, 0.05) is 6.42 Å². The molecule has 0 spiro atoms. The van der Waals surface area contributed by atoms with Crippen molar-refractivity contribution in [2.24, 2.45) is 0 Å². The number of nitrogens with zero attached hydrogens (tertiary/aromatic N) is 2. The number of hydrogen-bond acceptors (Lipinski definition) is 1. The van der Waals surface area contributed by atoms with Gasteiger partial charge in [0.1, 0.15) is 12.6 Å². The van der Waals surface area contributed by atoms with Crippen LogP contribution in [-0.4, -0.2) is 76.5 Å². The molecule has 1 rings (SSSR count). The molecule has 3 nitrogen and oxygen atoms in total. The van der Waals surface area contributed by atoms with Gasteiger partial charge in [0.05, 0.1) is 55.0 Å². The number of likely N-dealkylation sites (tertiary alicyclic amines) is 1. The Morgan fingerprint density at radius 3 is 2.22 bits per heavy atom. The fraction of sp³-hybridized carbons (Fsp3) is 1.00. The highest BCUT2D eigenvalue weighted by Crippen LogP contribution is 2.21. The van der Waals surface area contributed by atoms with Crippen LogP contribution in [0.2, 0.25) is 0 Å². The van der Waals surface area contributed by atoms with E-state index in [0.29, 0.717) is 6.04 Å². The van der Waals surface area contributed by atoms with Crippen LogP contribution in [0.15, 0.2) is 0 Å². The molecule has 1 aliphatic heterocycles. The highest BCUT2D eigenvalue weighted by molar-refractivity contribution is 4.63. The Balaban J connectivity index is 0. The number of hydrogen-bond donors (Lipinski definition) is 0. The van der Waals surface area contributed by atoms with Gasteiger partial charge in [-0.15, -0.1) is 0 Å². The SMILES string of the molecule is C[N+](C)(C)CCOCC1CCCC[N+]1(C)C.[I-].[I-]. The molecule has 0 aromatic carbocycles. The molecule has 0 saturated carbocycles. The van der Waals surface area contributed by atoms with E-state index in [1.165, 1.54) is 25.8 Å². The minimum atomic E-state index is 0. The van der Waals surface area contributed by atoms with Crippen molar-refractivity contribution < 1.29 is 61.7 Å². The molecule has 1 unspecified atom stereocenters. The summed E-state index contributed by atoms with van der Waals surface area (Å²) in [5, 5.41) is 0. The molecular weight excluding hydrogens is 454 g/mol. The Kier molecular flexibility index (Phi) is 11.2. The van der Waals surface area contributed by atoms with Crippen LogP contribution in [0.4, 0.5) is 0 Å². The third-order valence-electron chi connectivity index (χ3n) is 3.73. The average molecular weight is 484 g/mol. The lowest BCUT2D eigenvalue weighted by atomic mass is 10.0. The molecule has 0 aromatic heterocycles. The predicted octanol–water partition coefficient (Wildman–Crippen LogP) is -4.65. The number of rotatable bonds is 5. The normalized spacial score (nSPS) is 22.8. The lowest BCUT2D eigenvalue weighted by molar-refractivity contribution is -0.920. The van der Waals surface area contributed by atoms with Gasteiger partial charge in [0.2, 0.25) is 0 Å². The van der Waals surface area contributed by atoms with E-state index >= 15 is 0 Å². The first-order chi connectivity index (χ1) is 7.31. The maximum Gasteiger partial charge on any atom is 0.112 e. The Bertz CT molecular complexity index is 218. The Morgan fingerprint density at radius 1 is 1.11 bits per heavy atom. The van der Waals surface area contributed by atoms with Crippen LogP contribution in [0.1, 0.15) is 19.3 Å². The van der Waals surface area contributed by atoms with E-state index in [2.05, 4.69) is 35.2 Å². The zero-order valence-corrected chi connectivity index (χ0v) is 16.9. The van der Waals surface area contributed by atoms with Crippen molar-refractivity contribution in [2.75, 3.05) is 61.5 Å². The van der Waals surface area contributed by atoms with Crippen LogP contribution in [0.5, 0.6) is 0 Å². The average Bonchev–Trinajstić information content (AvgIpc) is 2.12. The fourth-order valence-electron chi connectivity index (χ4n) is 2.27. The lowest BCUT2D eigenvalue weighted by Gasteiger charge is -2.41. The first-order valence-electron chi connectivity index (χ1n) is 6.52. The molecule has 1 atom stereocenters. The van der Waals surface area contributed by atoms with Gasteiger partial charge in [-0.05, 0) is 12.8 Å². The molecule has 0 radical (unpaired) electrons. The summed E-state index contributed by atoms with van der Waals surface area (Å²) >= 11 is 0. The van der Waals surface area contributed by atoms with Gasteiger partial charge in [-0.3, -0.25) is 0 Å². The van der Waals surface area contributed by atoms with Crippen LogP contribution >= 0.6 is 0 Å². The predicted molar refractivity (Wildman–Crippen MR) is 68.3 cm³/mol. The Morgan fingerprint density at radius 2 is 1.72 bits per heavy atom. The van der Waals surface area contributed by atoms with Gasteiger partial charge in [0.25, 0.3) is 0 Å². The molecule has 5 heteroatoms. The fourth-order valence-corrected chi connectivity index (χ4v) is 2.27. The monoisotopic (exact) mass is 484 g/mol. The second-order valence-electron chi connectivity index (χ2n) is 6.74. The van der Waals surface area contributed by atoms with Crippen molar-refractivity contribution in [2.45, 2.75) is 25.3 Å². The van der Waals surface area contributed by atoms with Gasteiger partial charge >= 0.3 is 0 Å². The summed E-state index contributed by atoms with van der Waals surface area (Å²) in [6.07, 6.45) is 4.09. The van der Waals surface area contributed by atoms with Crippen molar-refractivity contribution in [3.63, 3.8) is 0 Å². The molecule has 112 valence electrons. The molecule has 1 fully saturated rings. The van der Waals surface area contributed by atoms with Gasteiger partial charge in [-0.2, -0.15) is 0 Å². The number of likely N-dealkylation sites (N-methyl/N-ethyl adjacent to an activating group) is 2. The van der Waals surface area contributed by atoms with Crippen molar-refractivity contribution >= 4 is 0 Å². The quantitative estimate of drug-likeness (QED) is 0.217. The molecule has 1 aliphatic rings. The van der Waals surface area contributed by atoms with Gasteiger partial charge in [0.15, 0.2) is 0 Å². The van der Waals surface area contributed by atoms with Crippen LogP contribution in [-0.2, 0) is 4.74 Å². The summed E-state index contributed by atoms with van der Waals surface area (Å²) in [7, 11) is 11.3. The second kappa shape index (κ2) is 9.31. The highest BCUT2D eigenvalue weighted by atomic mass is 127. The maximum absolute atomic E-state index is 5.85. The summed E-state index contributed by atoms with van der Waals surface area (Å²) in [5.41, 5.74) is 0. The first-order valence-corrected chi connectivity index (χ1v) is 6.52. The van der Waals surface area contributed by atoms with E-state index in [4.69, 9.17) is 4.74 Å². The summed E-state index contributed by atoms with van der Waals surface area (Å²) in [6, 6.07) is 0.709. The van der Waals surface area contributed by atoms with Gasteiger partial charge < -0.3 is 61.7 Å². The van der Waals surface area contributed by atoms with E-state index in [9.17, 15) is 0 Å². The molecule has 0 amide bonds. The van der Waals surface area contributed by atoms with Crippen LogP contribution in [0.25, 0.3) is 0 Å². The third kappa shape index (κ3) is 8.50. The van der Waals surface area contributed by atoms with Crippen molar-refractivity contribution in [1.82, 2.24) is 0 Å². The molecule has 1 saturated heterocycles. The number of quaternary nitrogens is 2. The van der Waals surface area contributed by atoms with Crippen molar-refractivity contribution in [3.8, 4) is 0 Å². The summed E-state index contributed by atoms with van der Waals surface area (Å²) in [5.74, 6) is 0. The highest BCUT2D eigenvalue weighted by Gasteiger charge is 2.31. The molecule has 1 heterocycles. The number of ether oxygens (including phenoxy) is 1. The lowest BCUT2D eigenvalue weighted by Crippen LogP contribution is -3.00. The van der Waals surface area contributed by atoms with E-state index < -0.39 is 0 Å². The maximum atomic E-state index is 5.85. The van der Waals surface area contributed by atoms with Crippen molar-refractivity contribution in [3.05, 3.63) is 0 Å². The largest absolute Gasteiger partial charge is 1.00 e. The van der Waals surface area contributed by atoms with Crippen LogP contribution < -0.4 is 48.0 Å². The van der Waals surface area contributed by atoms with E-state index in [0.717, 1.165) is 28.7 Å². The van der Waals surface area contributed by atoms with E-state index in [1.54, 1.807) is 0 Å². The molecule has 18 heavy (non-hydrogen) atoms. The van der Waals surface area contributed by atoms with E-state index in [-0.39, 0.29) is 48.0 Å². The molecular formula is C13H30I2N2O. The summed E-state index contributed by atoms with van der Waals surface area (Å²) in [4.78, 5) is 0. The number of halogens is 2. The second-order valence-corrected chi connectivity index (χ2v) is 6.74. The van der Waals surface area contributed by atoms with Crippen molar-refractivity contribution in [1.29, 1.82) is 0 Å². The van der Waals surface area contributed by atoms with Crippen LogP contribution in [0.3, 0.4) is 0 Å². The summed E-state index contributed by atoms with van der Waals surface area (Å²) < 4.78 is 7.99. The van der Waals surface area contributed by atoms with E-state index in [1.807, 2.05) is 0 Å². The van der Waals surface area contributed by atoms with Gasteiger partial charge in [-0.1, -0.05) is 0 Å². The van der Waals surface area contributed by atoms with Crippen LogP contribution in [0, 0.1) is 0 Å². The Hall–Kier alpha value is 1.34. The standard InChI is InChI=1S/C13H30N2O.2HI/c1-14(2,3)10-11-16-12-13-8-6-7-9-15(13,4)5;;/h13H,6-12H2,1-5H3;2*1H/q+2;;/p-2. The number of piperidine rings is 1. The molecule has 0 bridgehead atoms. The zero-order chi connectivity index (χ0) is 12.2. The van der Waals surface area contributed by atoms with Gasteiger partial charge in [-0.25, -0.2) is 0 Å².